The summed E-state index contributed by atoms with van der Waals surface area (Å²) in [6.07, 6.45) is -3.81. The van der Waals surface area contributed by atoms with Crippen LogP contribution < -0.4 is 11.2 Å². The van der Waals surface area contributed by atoms with E-state index in [1.165, 1.54) is 24.1 Å². The lowest BCUT2D eigenvalue weighted by atomic mass is 9.70. The largest absolute Gasteiger partial charge is 0.504 e. The number of carbonyl (C=O) groups is 2. The lowest BCUT2D eigenvalue weighted by Crippen LogP contribution is -2.39. The van der Waals surface area contributed by atoms with Gasteiger partial charge in [-0.05, 0) is 45.1 Å². The van der Waals surface area contributed by atoms with Crippen LogP contribution in [0.1, 0.15) is 53.4 Å². The summed E-state index contributed by atoms with van der Waals surface area (Å²) in [4.78, 5) is 19.2. The van der Waals surface area contributed by atoms with Crippen molar-refractivity contribution >= 4 is 17.7 Å². The van der Waals surface area contributed by atoms with Gasteiger partial charge in [-0.15, -0.1) is 0 Å². The van der Waals surface area contributed by atoms with Crippen LogP contribution in [0.25, 0.3) is 0 Å². The van der Waals surface area contributed by atoms with Crippen LogP contribution in [0.15, 0.2) is 16.8 Å². The number of aliphatic carboxylic acids is 1. The molecule has 1 aliphatic rings. The van der Waals surface area contributed by atoms with Crippen molar-refractivity contribution in [1.82, 2.24) is 5.43 Å². The van der Waals surface area contributed by atoms with Crippen LogP contribution in [0.5, 0.6) is 0 Å². The number of allylic oxidation sites excluding steroid dienone is 2. The van der Waals surface area contributed by atoms with Crippen LogP contribution >= 0.6 is 0 Å². The number of carboxylic acid groups (broad SMARTS) is 1. The van der Waals surface area contributed by atoms with Crippen LogP contribution in [-0.4, -0.2) is 47.6 Å². The minimum Gasteiger partial charge on any atom is -0.474 e. The molecule has 1 aliphatic carbocycles. The van der Waals surface area contributed by atoms with Crippen molar-refractivity contribution in [2.75, 3.05) is 6.54 Å². The van der Waals surface area contributed by atoms with Crippen molar-refractivity contribution in [3.8, 4) is 0 Å². The van der Waals surface area contributed by atoms with Gasteiger partial charge >= 0.3 is 24.2 Å². The predicted molar refractivity (Wildman–Crippen MR) is 99.8 cm³/mol. The van der Waals surface area contributed by atoms with E-state index in [1.807, 2.05) is 6.92 Å². The Morgan fingerprint density at radius 1 is 1.37 bits per heavy atom. The highest BCUT2D eigenvalue weighted by molar-refractivity contribution is 6.04. The second kappa shape index (κ2) is 11.2. The van der Waals surface area contributed by atoms with E-state index in [9.17, 15) is 31.5 Å². The molecule has 0 bridgehead atoms. The lowest BCUT2D eigenvalue weighted by molar-refractivity contribution is -0.264. The first kappa shape index (κ1) is 27.8. The van der Waals surface area contributed by atoms with Crippen LogP contribution in [0.4, 0.5) is 22.0 Å². The average molecular weight is 445 g/mol. The number of rotatable bonds is 6. The molecular formula is C18H28F5N3O4. The number of hydrogen-bond donors (Lipinski definition) is 3. The van der Waals surface area contributed by atoms with Gasteiger partial charge in [0, 0.05) is 18.0 Å². The maximum absolute atomic E-state index is 11.8. The zero-order valence-corrected chi connectivity index (χ0v) is 17.3. The third kappa shape index (κ3) is 8.64. The Morgan fingerprint density at radius 3 is 2.33 bits per heavy atom. The molecule has 0 aliphatic heterocycles. The molecule has 0 aromatic rings. The van der Waals surface area contributed by atoms with Gasteiger partial charge < -0.3 is 21.0 Å². The second-order valence-electron chi connectivity index (χ2n) is 7.09. The lowest BCUT2D eigenvalue weighted by Gasteiger charge is -2.35. The highest BCUT2D eigenvalue weighted by Gasteiger charge is 2.52. The first-order valence-corrected chi connectivity index (χ1v) is 9.24. The van der Waals surface area contributed by atoms with E-state index in [-0.39, 0.29) is 11.5 Å². The number of carboxylic acids is 1. The number of esters is 1. The summed E-state index contributed by atoms with van der Waals surface area (Å²) >= 11 is 0. The fourth-order valence-electron chi connectivity index (χ4n) is 2.61. The third-order valence-corrected chi connectivity index (χ3v) is 4.48. The van der Waals surface area contributed by atoms with Crippen molar-refractivity contribution in [2.24, 2.45) is 16.3 Å². The summed E-state index contributed by atoms with van der Waals surface area (Å²) in [5.41, 5.74) is 11.7. The fourth-order valence-corrected chi connectivity index (χ4v) is 2.61. The summed E-state index contributed by atoms with van der Waals surface area (Å²) < 4.78 is 59.7. The number of hydrazone groups is 1. The molecule has 0 saturated heterocycles. The smallest absolute Gasteiger partial charge is 0.474 e. The highest BCUT2D eigenvalue weighted by atomic mass is 19.4. The third-order valence-electron chi connectivity index (χ3n) is 4.48. The van der Waals surface area contributed by atoms with E-state index in [2.05, 4.69) is 42.1 Å². The van der Waals surface area contributed by atoms with Crippen molar-refractivity contribution in [3.05, 3.63) is 11.6 Å². The zero-order chi connectivity index (χ0) is 23.8. The van der Waals surface area contributed by atoms with Gasteiger partial charge in [-0.1, -0.05) is 19.9 Å². The molecule has 7 nitrogen and oxygen atoms in total. The molecule has 0 radical (unpaired) electrons. The Labute approximate surface area is 171 Å². The highest BCUT2D eigenvalue weighted by Crippen LogP contribution is 2.39. The first-order chi connectivity index (χ1) is 13.6. The standard InChI is InChI=1S/C14H27N3.C4HF5O4/c1-5-12-8-7-9-14(4,6-2)13(12)17-16-10-11(3)15;5-3(6,7)2(12)13-4(8,9)1(10)11/h5,11,16H,6-10,15H2,1-4H3;(H,10,11)/b12-5+,17-13+;. The summed E-state index contributed by atoms with van der Waals surface area (Å²) in [6, 6.07) is 0.143. The van der Waals surface area contributed by atoms with Crippen LogP contribution in [0.2, 0.25) is 0 Å². The molecule has 0 heterocycles. The molecule has 2 unspecified atom stereocenters. The van der Waals surface area contributed by atoms with Gasteiger partial charge in [0.15, 0.2) is 0 Å². The SMILES string of the molecule is C/C=C1\CCCC(C)(CC)\C1=N\NCC(C)N.O=C(OC(F)(F)C(=O)O)C(F)(F)F. The number of nitrogens with one attached hydrogen (secondary N) is 1. The number of alkyl halides is 5. The monoisotopic (exact) mass is 445 g/mol. The second-order valence-corrected chi connectivity index (χ2v) is 7.09. The van der Waals surface area contributed by atoms with E-state index < -0.39 is 24.2 Å². The van der Waals surface area contributed by atoms with Crippen molar-refractivity contribution in [3.63, 3.8) is 0 Å². The number of halogens is 5. The molecule has 2 atom stereocenters. The van der Waals surface area contributed by atoms with Gasteiger partial charge in [-0.2, -0.15) is 27.1 Å². The van der Waals surface area contributed by atoms with Gasteiger partial charge in [0.1, 0.15) is 0 Å². The molecule has 174 valence electrons. The number of ether oxygens (including phenoxy) is 1. The van der Waals surface area contributed by atoms with Gasteiger partial charge in [0.25, 0.3) is 0 Å². The summed E-state index contributed by atoms with van der Waals surface area (Å²) in [5.74, 6) is -6.25. The van der Waals surface area contributed by atoms with Crippen LogP contribution in [0, 0.1) is 5.41 Å². The quantitative estimate of drug-likeness (QED) is 0.327. The Balaban J connectivity index is 0.000000584. The Bertz CT molecular complexity index is 663. The van der Waals surface area contributed by atoms with Crippen molar-refractivity contribution < 1.29 is 41.4 Å². The summed E-state index contributed by atoms with van der Waals surface area (Å²) in [6.45, 7) is 9.41. The Kier molecular flexibility index (Phi) is 10.4. The number of carbonyl (C=O) groups excluding carboxylic acids is 1. The molecule has 30 heavy (non-hydrogen) atoms. The maximum Gasteiger partial charge on any atom is 0.504 e. The Morgan fingerprint density at radius 2 is 1.93 bits per heavy atom. The molecule has 1 rings (SSSR count). The molecule has 4 N–H and O–H groups in total. The molecular weight excluding hydrogens is 417 g/mol. The minimum absolute atomic E-state index is 0.143. The summed E-state index contributed by atoms with van der Waals surface area (Å²) in [5, 5.41) is 12.2. The maximum atomic E-state index is 11.8. The zero-order valence-electron chi connectivity index (χ0n) is 17.3. The van der Waals surface area contributed by atoms with E-state index in [4.69, 9.17) is 10.8 Å². The van der Waals surface area contributed by atoms with Crippen molar-refractivity contribution in [1.29, 1.82) is 0 Å². The average Bonchev–Trinajstić information content (AvgIpc) is 2.62. The number of nitrogens with zero attached hydrogens (tertiary/aromatic N) is 1. The molecule has 12 heteroatoms. The number of nitrogens with two attached hydrogens (primary N) is 1. The van der Waals surface area contributed by atoms with Gasteiger partial charge in [0.05, 0.1) is 5.71 Å². The van der Waals surface area contributed by atoms with E-state index in [0.29, 0.717) is 0 Å². The van der Waals surface area contributed by atoms with Crippen LogP contribution in [0.3, 0.4) is 0 Å². The summed E-state index contributed by atoms with van der Waals surface area (Å²) in [7, 11) is 0. The van der Waals surface area contributed by atoms with Crippen molar-refractivity contribution in [2.45, 2.75) is 71.7 Å². The predicted octanol–water partition coefficient (Wildman–Crippen LogP) is 3.60. The van der Waals surface area contributed by atoms with Gasteiger partial charge in [0.2, 0.25) is 0 Å². The molecule has 0 spiro atoms. The molecule has 0 aromatic carbocycles. The fraction of sp³-hybridized carbons (Fsp3) is 0.722. The van der Waals surface area contributed by atoms with E-state index in [0.717, 1.165) is 19.4 Å². The molecule has 1 fully saturated rings. The van der Waals surface area contributed by atoms with Crippen LogP contribution in [-0.2, 0) is 14.3 Å². The topological polar surface area (TPSA) is 114 Å². The Hall–Kier alpha value is -2.24. The van der Waals surface area contributed by atoms with E-state index >= 15 is 0 Å². The molecule has 1 saturated carbocycles. The number of hydrogen-bond acceptors (Lipinski definition) is 6. The van der Waals surface area contributed by atoms with Gasteiger partial charge in [-0.3, -0.25) is 0 Å². The molecule has 0 amide bonds. The molecule has 0 aromatic heterocycles. The minimum atomic E-state index is -5.65. The van der Waals surface area contributed by atoms with Gasteiger partial charge in [-0.25, -0.2) is 9.59 Å². The van der Waals surface area contributed by atoms with E-state index in [1.54, 1.807) is 0 Å². The normalized spacial score (nSPS) is 23.4. The first-order valence-electron chi connectivity index (χ1n) is 9.24.